The molecule has 0 radical (unpaired) electrons. The molecule has 2 fully saturated rings. The normalized spacial score (nSPS) is 45.7. The second-order valence-electron chi connectivity index (χ2n) is 4.67. The summed E-state index contributed by atoms with van der Waals surface area (Å²) in [5, 5.41) is 9.04. The molecule has 13 heavy (non-hydrogen) atoms. The highest BCUT2D eigenvalue weighted by Crippen LogP contribution is 2.45. The van der Waals surface area contributed by atoms with Crippen molar-refractivity contribution in [2.45, 2.75) is 57.2 Å². The largest absolute Gasteiger partial charge is 0.394 e. The molecule has 0 aromatic rings. The first-order valence-corrected chi connectivity index (χ1v) is 5.55. The van der Waals surface area contributed by atoms with Gasteiger partial charge in [0.1, 0.15) is 0 Å². The SMILES string of the molecule is C[C@@H]1CCCC[C@@]12CC[C@@H](CO)O2. The average molecular weight is 184 g/mol. The third kappa shape index (κ3) is 1.62. The van der Waals surface area contributed by atoms with Crippen molar-refractivity contribution in [2.24, 2.45) is 5.92 Å². The van der Waals surface area contributed by atoms with Crippen molar-refractivity contribution < 1.29 is 9.84 Å². The maximum atomic E-state index is 9.04. The zero-order valence-electron chi connectivity index (χ0n) is 8.46. The van der Waals surface area contributed by atoms with E-state index in [2.05, 4.69) is 6.92 Å². The molecule has 1 aliphatic carbocycles. The van der Waals surface area contributed by atoms with Crippen LogP contribution in [0, 0.1) is 5.92 Å². The Hall–Kier alpha value is -0.0800. The molecule has 2 nitrogen and oxygen atoms in total. The minimum atomic E-state index is 0.126. The molecule has 2 heteroatoms. The zero-order chi connectivity index (χ0) is 9.31. The van der Waals surface area contributed by atoms with Crippen LogP contribution in [0.3, 0.4) is 0 Å². The van der Waals surface area contributed by atoms with Crippen molar-refractivity contribution in [3.05, 3.63) is 0 Å². The van der Waals surface area contributed by atoms with Gasteiger partial charge in [0.25, 0.3) is 0 Å². The van der Waals surface area contributed by atoms with E-state index in [9.17, 15) is 0 Å². The van der Waals surface area contributed by atoms with Crippen LogP contribution in [0.15, 0.2) is 0 Å². The van der Waals surface area contributed by atoms with Gasteiger partial charge < -0.3 is 9.84 Å². The van der Waals surface area contributed by atoms with Crippen LogP contribution in [0.4, 0.5) is 0 Å². The Balaban J connectivity index is 2.03. The van der Waals surface area contributed by atoms with Crippen LogP contribution in [-0.4, -0.2) is 23.4 Å². The Morgan fingerprint density at radius 2 is 2.15 bits per heavy atom. The summed E-state index contributed by atoms with van der Waals surface area (Å²) in [6.45, 7) is 2.51. The molecular weight excluding hydrogens is 164 g/mol. The molecule has 1 N–H and O–H groups in total. The summed E-state index contributed by atoms with van der Waals surface area (Å²) in [5.74, 6) is 0.692. The van der Waals surface area contributed by atoms with Crippen molar-refractivity contribution >= 4 is 0 Å². The van der Waals surface area contributed by atoms with Crippen LogP contribution in [0.2, 0.25) is 0 Å². The fourth-order valence-electron chi connectivity index (χ4n) is 2.91. The maximum Gasteiger partial charge on any atom is 0.0814 e. The van der Waals surface area contributed by atoms with Gasteiger partial charge in [0.15, 0.2) is 0 Å². The maximum absolute atomic E-state index is 9.04. The van der Waals surface area contributed by atoms with Crippen LogP contribution in [0.5, 0.6) is 0 Å². The predicted octanol–water partition coefficient (Wildman–Crippen LogP) is 2.11. The fraction of sp³-hybridized carbons (Fsp3) is 1.00. The lowest BCUT2D eigenvalue weighted by Gasteiger charge is -2.39. The molecule has 76 valence electrons. The second-order valence-corrected chi connectivity index (χ2v) is 4.67. The van der Waals surface area contributed by atoms with E-state index >= 15 is 0 Å². The molecule has 0 amide bonds. The van der Waals surface area contributed by atoms with Gasteiger partial charge in [-0.1, -0.05) is 19.8 Å². The summed E-state index contributed by atoms with van der Waals surface area (Å²) in [4.78, 5) is 0. The summed E-state index contributed by atoms with van der Waals surface area (Å²) in [6, 6.07) is 0. The van der Waals surface area contributed by atoms with Crippen molar-refractivity contribution in [1.29, 1.82) is 0 Å². The Morgan fingerprint density at radius 3 is 2.77 bits per heavy atom. The van der Waals surface area contributed by atoms with Gasteiger partial charge in [-0.05, 0) is 31.6 Å². The summed E-state index contributed by atoms with van der Waals surface area (Å²) in [6.07, 6.45) is 7.53. The molecule has 1 saturated heterocycles. The summed E-state index contributed by atoms with van der Waals surface area (Å²) in [5.41, 5.74) is 0.144. The van der Waals surface area contributed by atoms with Crippen LogP contribution >= 0.6 is 0 Å². The van der Waals surface area contributed by atoms with Gasteiger partial charge in [0.05, 0.1) is 18.3 Å². The standard InChI is InChI=1S/C11H20O2/c1-9-4-2-3-6-11(9)7-5-10(8-12)13-11/h9-10,12H,2-8H2,1H3/t9-,10+,11-/m1/s1. The molecular formula is C11H20O2. The van der Waals surface area contributed by atoms with Gasteiger partial charge in [-0.2, -0.15) is 0 Å². The highest BCUT2D eigenvalue weighted by atomic mass is 16.5. The topological polar surface area (TPSA) is 29.5 Å². The van der Waals surface area contributed by atoms with Gasteiger partial charge in [-0.3, -0.25) is 0 Å². The first-order valence-electron chi connectivity index (χ1n) is 5.55. The van der Waals surface area contributed by atoms with Crippen LogP contribution in [0.1, 0.15) is 45.4 Å². The van der Waals surface area contributed by atoms with Crippen molar-refractivity contribution in [3.8, 4) is 0 Å². The Labute approximate surface area is 80.3 Å². The van der Waals surface area contributed by atoms with Crippen molar-refractivity contribution in [1.82, 2.24) is 0 Å². The van der Waals surface area contributed by atoms with E-state index in [0.717, 1.165) is 6.42 Å². The van der Waals surface area contributed by atoms with E-state index in [1.807, 2.05) is 0 Å². The number of hydrogen-bond donors (Lipinski definition) is 1. The average Bonchev–Trinajstić information content (AvgIpc) is 2.56. The number of aliphatic hydroxyl groups excluding tert-OH is 1. The molecule has 1 saturated carbocycles. The highest BCUT2D eigenvalue weighted by molar-refractivity contribution is 4.95. The van der Waals surface area contributed by atoms with Gasteiger partial charge in [0.2, 0.25) is 0 Å². The van der Waals surface area contributed by atoms with Crippen molar-refractivity contribution in [2.75, 3.05) is 6.61 Å². The van der Waals surface area contributed by atoms with Crippen LogP contribution < -0.4 is 0 Å². The van der Waals surface area contributed by atoms with E-state index < -0.39 is 0 Å². The minimum Gasteiger partial charge on any atom is -0.394 e. The van der Waals surface area contributed by atoms with E-state index in [-0.39, 0.29) is 18.3 Å². The van der Waals surface area contributed by atoms with E-state index in [1.165, 1.54) is 32.1 Å². The summed E-state index contributed by atoms with van der Waals surface area (Å²) >= 11 is 0. The number of rotatable bonds is 1. The molecule has 1 spiro atoms. The van der Waals surface area contributed by atoms with Crippen LogP contribution in [-0.2, 0) is 4.74 Å². The Bertz CT molecular complexity index is 181. The van der Waals surface area contributed by atoms with Gasteiger partial charge in [0, 0.05) is 0 Å². The summed E-state index contributed by atoms with van der Waals surface area (Å²) < 4.78 is 6.00. The minimum absolute atomic E-state index is 0.126. The molecule has 0 unspecified atom stereocenters. The van der Waals surface area contributed by atoms with Gasteiger partial charge in [-0.15, -0.1) is 0 Å². The lowest BCUT2D eigenvalue weighted by molar-refractivity contribution is -0.106. The Kier molecular flexibility index (Phi) is 2.61. The van der Waals surface area contributed by atoms with Crippen LogP contribution in [0.25, 0.3) is 0 Å². The smallest absolute Gasteiger partial charge is 0.0814 e. The third-order valence-electron chi connectivity index (χ3n) is 3.88. The van der Waals surface area contributed by atoms with E-state index in [0.29, 0.717) is 5.92 Å². The molecule has 2 aliphatic rings. The number of aliphatic hydroxyl groups is 1. The molecule has 0 aromatic heterocycles. The first kappa shape index (κ1) is 9.47. The third-order valence-corrected chi connectivity index (χ3v) is 3.88. The molecule has 0 aromatic carbocycles. The number of hydrogen-bond acceptors (Lipinski definition) is 2. The molecule has 2 rings (SSSR count). The molecule has 3 atom stereocenters. The highest BCUT2D eigenvalue weighted by Gasteiger charge is 2.44. The molecule has 0 bridgehead atoms. The van der Waals surface area contributed by atoms with E-state index in [4.69, 9.17) is 9.84 Å². The van der Waals surface area contributed by atoms with Gasteiger partial charge >= 0.3 is 0 Å². The van der Waals surface area contributed by atoms with E-state index in [1.54, 1.807) is 0 Å². The quantitative estimate of drug-likeness (QED) is 0.676. The number of ether oxygens (including phenoxy) is 1. The summed E-state index contributed by atoms with van der Waals surface area (Å²) in [7, 11) is 0. The lowest BCUT2D eigenvalue weighted by Crippen LogP contribution is -2.39. The van der Waals surface area contributed by atoms with Gasteiger partial charge in [-0.25, -0.2) is 0 Å². The molecule has 1 heterocycles. The fourth-order valence-corrected chi connectivity index (χ4v) is 2.91. The second kappa shape index (κ2) is 3.58. The molecule has 1 aliphatic heterocycles. The zero-order valence-corrected chi connectivity index (χ0v) is 8.46. The lowest BCUT2D eigenvalue weighted by atomic mass is 9.75. The Morgan fingerprint density at radius 1 is 1.31 bits per heavy atom. The van der Waals surface area contributed by atoms with Crippen molar-refractivity contribution in [3.63, 3.8) is 0 Å². The monoisotopic (exact) mass is 184 g/mol. The first-order chi connectivity index (χ1) is 6.27. The predicted molar refractivity (Wildman–Crippen MR) is 51.6 cm³/mol.